The van der Waals surface area contributed by atoms with Gasteiger partial charge in [0.1, 0.15) is 11.5 Å². The monoisotopic (exact) mass is 577 g/mol. The molecular weight excluding hydrogens is 554 g/mol. The number of anilines is 1. The standard InChI is InChI=1S/C29H24ClN3O6S/c1-2-38-25-15-7-22(8-16-25)29(35)39-26-13-3-20(4-14-26)19-31-32-28(34)21-5-11-24(12-6-21)33-40(36,37)27-17-9-23(30)10-18-27/h3-19,33H,2H2,1H3,(H,32,34). The molecule has 0 saturated carbocycles. The van der Waals surface area contributed by atoms with Crippen LogP contribution in [0.4, 0.5) is 5.69 Å². The smallest absolute Gasteiger partial charge is 0.343 e. The molecule has 0 aliphatic heterocycles. The first-order valence-electron chi connectivity index (χ1n) is 12.0. The number of hydrogen-bond acceptors (Lipinski definition) is 7. The lowest BCUT2D eigenvalue weighted by Crippen LogP contribution is -2.18. The first kappa shape index (κ1) is 28.3. The van der Waals surface area contributed by atoms with Gasteiger partial charge >= 0.3 is 5.97 Å². The van der Waals surface area contributed by atoms with Crippen molar-refractivity contribution in [3.8, 4) is 11.5 Å². The third-order valence-corrected chi connectivity index (χ3v) is 7.04. The predicted octanol–water partition coefficient (Wildman–Crippen LogP) is 5.52. The number of amides is 1. The van der Waals surface area contributed by atoms with Gasteiger partial charge in [0.2, 0.25) is 0 Å². The second kappa shape index (κ2) is 12.9. The van der Waals surface area contributed by atoms with E-state index in [9.17, 15) is 18.0 Å². The number of ether oxygens (including phenoxy) is 2. The van der Waals surface area contributed by atoms with Gasteiger partial charge in [-0.3, -0.25) is 9.52 Å². The van der Waals surface area contributed by atoms with Gasteiger partial charge in [-0.25, -0.2) is 18.6 Å². The third kappa shape index (κ3) is 7.68. The predicted molar refractivity (Wildman–Crippen MR) is 153 cm³/mol. The fraction of sp³-hybridized carbons (Fsp3) is 0.0690. The highest BCUT2D eigenvalue weighted by Gasteiger charge is 2.14. The summed E-state index contributed by atoms with van der Waals surface area (Å²) in [6.07, 6.45) is 1.44. The quantitative estimate of drug-likeness (QED) is 0.111. The van der Waals surface area contributed by atoms with Crippen LogP contribution in [-0.4, -0.2) is 33.1 Å². The molecular formula is C29H24ClN3O6S. The Morgan fingerprint density at radius 2 is 1.43 bits per heavy atom. The van der Waals surface area contributed by atoms with Gasteiger partial charge in [0, 0.05) is 16.3 Å². The van der Waals surface area contributed by atoms with Gasteiger partial charge in [-0.1, -0.05) is 11.6 Å². The highest BCUT2D eigenvalue weighted by Crippen LogP contribution is 2.19. The van der Waals surface area contributed by atoms with E-state index in [1.807, 2.05) is 6.92 Å². The highest BCUT2D eigenvalue weighted by molar-refractivity contribution is 7.92. The molecule has 0 heterocycles. The summed E-state index contributed by atoms with van der Waals surface area (Å²) in [5.41, 5.74) is 4.04. The third-order valence-electron chi connectivity index (χ3n) is 5.39. The second-order valence-electron chi connectivity index (χ2n) is 8.25. The molecule has 0 saturated heterocycles. The van der Waals surface area contributed by atoms with Crippen molar-refractivity contribution in [2.75, 3.05) is 11.3 Å². The van der Waals surface area contributed by atoms with E-state index < -0.39 is 21.9 Å². The minimum absolute atomic E-state index is 0.0619. The zero-order chi connectivity index (χ0) is 28.5. The molecule has 0 unspecified atom stereocenters. The van der Waals surface area contributed by atoms with Crippen molar-refractivity contribution in [2.24, 2.45) is 5.10 Å². The van der Waals surface area contributed by atoms with Crippen molar-refractivity contribution < 1.29 is 27.5 Å². The highest BCUT2D eigenvalue weighted by atomic mass is 35.5. The molecule has 0 radical (unpaired) electrons. The van der Waals surface area contributed by atoms with Crippen LogP contribution in [-0.2, 0) is 10.0 Å². The Bertz CT molecular complexity index is 1600. The molecule has 204 valence electrons. The van der Waals surface area contributed by atoms with Crippen molar-refractivity contribution in [2.45, 2.75) is 11.8 Å². The van der Waals surface area contributed by atoms with Crippen LogP contribution < -0.4 is 19.6 Å². The van der Waals surface area contributed by atoms with Gasteiger partial charge in [-0.15, -0.1) is 0 Å². The summed E-state index contributed by atoms with van der Waals surface area (Å²) in [7, 11) is -3.80. The number of rotatable bonds is 10. The van der Waals surface area contributed by atoms with Crippen LogP contribution in [0.2, 0.25) is 5.02 Å². The molecule has 4 rings (SSSR count). The van der Waals surface area contributed by atoms with Gasteiger partial charge in [0.05, 0.1) is 23.3 Å². The van der Waals surface area contributed by atoms with Crippen molar-refractivity contribution in [3.05, 3.63) is 119 Å². The van der Waals surface area contributed by atoms with Gasteiger partial charge in [-0.2, -0.15) is 5.10 Å². The van der Waals surface area contributed by atoms with Gasteiger partial charge in [-0.05, 0) is 110 Å². The Morgan fingerprint density at radius 3 is 2.05 bits per heavy atom. The summed E-state index contributed by atoms with van der Waals surface area (Å²) in [6.45, 7) is 2.42. The molecule has 11 heteroatoms. The molecule has 40 heavy (non-hydrogen) atoms. The lowest BCUT2D eigenvalue weighted by atomic mass is 10.2. The molecule has 0 atom stereocenters. The molecule has 9 nitrogen and oxygen atoms in total. The van der Waals surface area contributed by atoms with E-state index in [-0.39, 0.29) is 10.5 Å². The number of esters is 1. The van der Waals surface area contributed by atoms with E-state index in [1.165, 1.54) is 54.7 Å². The van der Waals surface area contributed by atoms with E-state index >= 15 is 0 Å². The number of hydrazone groups is 1. The Balaban J connectivity index is 1.28. The fourth-order valence-corrected chi connectivity index (χ4v) is 4.57. The maximum atomic E-state index is 12.5. The molecule has 4 aromatic rings. The van der Waals surface area contributed by atoms with Crippen molar-refractivity contribution in [1.29, 1.82) is 0 Å². The first-order valence-corrected chi connectivity index (χ1v) is 13.9. The maximum absolute atomic E-state index is 12.5. The number of carbonyl (C=O) groups is 2. The van der Waals surface area contributed by atoms with Gasteiger partial charge in [0.15, 0.2) is 0 Å². The second-order valence-corrected chi connectivity index (χ2v) is 10.4. The number of sulfonamides is 1. The summed E-state index contributed by atoms with van der Waals surface area (Å²) in [6, 6.07) is 24.9. The van der Waals surface area contributed by atoms with E-state index in [0.717, 1.165) is 0 Å². The molecule has 0 aliphatic rings. The Labute approximate surface area is 236 Å². The maximum Gasteiger partial charge on any atom is 0.343 e. The molecule has 0 bridgehead atoms. The largest absolute Gasteiger partial charge is 0.494 e. The number of benzene rings is 4. The van der Waals surface area contributed by atoms with E-state index in [2.05, 4.69) is 15.2 Å². The van der Waals surface area contributed by atoms with Crippen LogP contribution in [0.1, 0.15) is 33.2 Å². The van der Waals surface area contributed by atoms with E-state index in [0.29, 0.717) is 39.9 Å². The summed E-state index contributed by atoms with van der Waals surface area (Å²) >= 11 is 5.81. The molecule has 0 spiro atoms. The van der Waals surface area contributed by atoms with Crippen LogP contribution in [0.25, 0.3) is 0 Å². The lowest BCUT2D eigenvalue weighted by molar-refractivity contribution is 0.0734. The van der Waals surface area contributed by atoms with Crippen LogP contribution in [0.3, 0.4) is 0 Å². The van der Waals surface area contributed by atoms with Crippen molar-refractivity contribution in [1.82, 2.24) is 5.43 Å². The van der Waals surface area contributed by atoms with Gasteiger partial charge in [0.25, 0.3) is 15.9 Å². The number of nitrogens with one attached hydrogen (secondary N) is 2. The minimum Gasteiger partial charge on any atom is -0.494 e. The van der Waals surface area contributed by atoms with Crippen molar-refractivity contribution in [3.63, 3.8) is 0 Å². The van der Waals surface area contributed by atoms with Crippen LogP contribution in [0, 0.1) is 0 Å². The molecule has 4 aromatic carbocycles. The normalized spacial score (nSPS) is 11.2. The van der Waals surface area contributed by atoms with Crippen LogP contribution >= 0.6 is 11.6 Å². The number of nitrogens with zero attached hydrogens (tertiary/aromatic N) is 1. The van der Waals surface area contributed by atoms with Crippen molar-refractivity contribution >= 4 is 45.4 Å². The Kier molecular flexibility index (Phi) is 9.15. The molecule has 0 aromatic heterocycles. The molecule has 2 N–H and O–H groups in total. The Morgan fingerprint density at radius 1 is 0.825 bits per heavy atom. The Hall–Kier alpha value is -4.67. The zero-order valence-electron chi connectivity index (χ0n) is 21.2. The summed E-state index contributed by atoms with van der Waals surface area (Å²) < 4.78 is 38.2. The van der Waals surface area contributed by atoms with E-state index in [4.69, 9.17) is 21.1 Å². The van der Waals surface area contributed by atoms with Crippen LogP contribution in [0.5, 0.6) is 11.5 Å². The average molecular weight is 578 g/mol. The molecule has 0 aliphatic carbocycles. The zero-order valence-corrected chi connectivity index (χ0v) is 22.8. The minimum atomic E-state index is -3.80. The lowest BCUT2D eigenvalue weighted by Gasteiger charge is -2.09. The SMILES string of the molecule is CCOc1ccc(C(=O)Oc2ccc(C=NNC(=O)c3ccc(NS(=O)(=O)c4ccc(Cl)cc4)cc3)cc2)cc1. The van der Waals surface area contributed by atoms with E-state index in [1.54, 1.807) is 48.5 Å². The number of halogens is 1. The first-order chi connectivity index (χ1) is 19.2. The molecule has 0 fully saturated rings. The number of hydrogen-bond donors (Lipinski definition) is 2. The fourth-order valence-electron chi connectivity index (χ4n) is 3.39. The van der Waals surface area contributed by atoms with Gasteiger partial charge < -0.3 is 9.47 Å². The summed E-state index contributed by atoms with van der Waals surface area (Å²) in [5, 5.41) is 4.37. The van der Waals surface area contributed by atoms with Crippen LogP contribution in [0.15, 0.2) is 107 Å². The summed E-state index contributed by atoms with van der Waals surface area (Å²) in [4.78, 5) is 24.8. The summed E-state index contributed by atoms with van der Waals surface area (Å²) in [5.74, 6) is 0.0427. The average Bonchev–Trinajstić information content (AvgIpc) is 2.95. The number of carbonyl (C=O) groups excluding carboxylic acids is 2. The molecule has 1 amide bonds. The topological polar surface area (TPSA) is 123 Å².